The minimum Gasteiger partial charge on any atom is -0.368 e. The predicted octanol–water partition coefficient (Wildman–Crippen LogP) is 2.96. The first-order chi connectivity index (χ1) is 12.6. The number of nitrogen functional groups attached to an aromatic ring is 1. The third kappa shape index (κ3) is 3.39. The van der Waals surface area contributed by atoms with Gasteiger partial charge in [-0.2, -0.15) is 0 Å². The maximum atomic E-state index is 13.4. The van der Waals surface area contributed by atoms with Gasteiger partial charge in [0.15, 0.2) is 11.6 Å². The molecule has 3 aromatic rings. The lowest BCUT2D eigenvalue weighted by atomic mass is 10.1. The average molecular weight is 353 g/mol. The lowest BCUT2D eigenvalue weighted by Crippen LogP contribution is -2.31. The minimum atomic E-state index is -0.872. The molecule has 2 N–H and O–H groups in total. The Kier molecular flexibility index (Phi) is 4.30. The van der Waals surface area contributed by atoms with Crippen LogP contribution in [-0.2, 0) is 19.5 Å². The maximum Gasteiger partial charge on any atom is 0.220 e. The molecule has 0 atom stereocenters. The van der Waals surface area contributed by atoms with E-state index in [0.29, 0.717) is 17.2 Å². The topological polar surface area (TPSA) is 67.9 Å². The fraction of sp³-hybridized carbons (Fsp3) is 0.211. The van der Waals surface area contributed by atoms with Crippen molar-refractivity contribution in [2.75, 3.05) is 12.3 Å². The second-order valence-electron chi connectivity index (χ2n) is 6.34. The largest absolute Gasteiger partial charge is 0.368 e. The van der Waals surface area contributed by atoms with E-state index in [4.69, 9.17) is 5.73 Å². The third-order valence-electron chi connectivity index (χ3n) is 4.48. The van der Waals surface area contributed by atoms with Crippen molar-refractivity contribution in [1.29, 1.82) is 0 Å². The number of hydrogen-bond donors (Lipinski definition) is 1. The fourth-order valence-electron chi connectivity index (χ4n) is 3.13. The molecule has 1 aliphatic rings. The Morgan fingerprint density at radius 1 is 1.04 bits per heavy atom. The summed E-state index contributed by atoms with van der Waals surface area (Å²) >= 11 is 0. The van der Waals surface area contributed by atoms with E-state index in [0.717, 1.165) is 55.0 Å². The first-order valence-electron chi connectivity index (χ1n) is 8.31. The minimum absolute atomic E-state index is 0.314. The summed E-state index contributed by atoms with van der Waals surface area (Å²) in [6.45, 7) is 2.39. The van der Waals surface area contributed by atoms with Crippen LogP contribution in [0.2, 0.25) is 0 Å². The van der Waals surface area contributed by atoms with Crippen molar-refractivity contribution in [3.63, 3.8) is 0 Å². The van der Waals surface area contributed by atoms with E-state index in [1.54, 1.807) is 12.4 Å². The van der Waals surface area contributed by atoms with Crippen LogP contribution in [0.5, 0.6) is 0 Å². The van der Waals surface area contributed by atoms with Gasteiger partial charge in [-0.25, -0.2) is 18.7 Å². The second kappa shape index (κ2) is 6.76. The summed E-state index contributed by atoms with van der Waals surface area (Å²) in [4.78, 5) is 15.0. The average Bonchev–Trinajstić information content (AvgIpc) is 2.65. The van der Waals surface area contributed by atoms with Gasteiger partial charge in [-0.05, 0) is 29.8 Å². The summed E-state index contributed by atoms with van der Waals surface area (Å²) in [5, 5.41) is 0. The third-order valence-corrected chi connectivity index (χ3v) is 4.48. The van der Waals surface area contributed by atoms with E-state index in [2.05, 4.69) is 19.9 Å². The Bertz CT molecular complexity index is 943. The SMILES string of the molecule is Nc1ncc2c(n1)CCN(Cc1ccc(-c3ccc(F)c(F)c3)nc1)C2. The van der Waals surface area contributed by atoms with E-state index in [9.17, 15) is 8.78 Å². The van der Waals surface area contributed by atoms with Gasteiger partial charge in [-0.15, -0.1) is 0 Å². The summed E-state index contributed by atoms with van der Waals surface area (Å²) in [7, 11) is 0. The van der Waals surface area contributed by atoms with Crippen LogP contribution in [0, 0.1) is 11.6 Å². The van der Waals surface area contributed by atoms with Gasteiger partial charge in [-0.3, -0.25) is 9.88 Å². The highest BCUT2D eigenvalue weighted by molar-refractivity contribution is 5.59. The molecule has 4 rings (SSSR count). The molecule has 0 saturated heterocycles. The maximum absolute atomic E-state index is 13.4. The normalized spacial score (nSPS) is 14.2. The van der Waals surface area contributed by atoms with Crippen LogP contribution < -0.4 is 5.73 Å². The molecule has 132 valence electrons. The summed E-state index contributed by atoms with van der Waals surface area (Å²) in [5.41, 5.74) is 9.96. The number of rotatable bonds is 3. The molecule has 0 amide bonds. The Hall–Kier alpha value is -2.93. The van der Waals surface area contributed by atoms with Crippen LogP contribution in [0.25, 0.3) is 11.3 Å². The van der Waals surface area contributed by atoms with Crippen molar-refractivity contribution in [2.45, 2.75) is 19.5 Å². The summed E-state index contributed by atoms with van der Waals surface area (Å²) < 4.78 is 26.4. The zero-order valence-electron chi connectivity index (χ0n) is 14.0. The van der Waals surface area contributed by atoms with Gasteiger partial charge in [0, 0.05) is 49.6 Å². The van der Waals surface area contributed by atoms with E-state index in [-0.39, 0.29) is 0 Å². The van der Waals surface area contributed by atoms with Crippen molar-refractivity contribution in [1.82, 2.24) is 19.9 Å². The molecule has 1 aliphatic heterocycles. The van der Waals surface area contributed by atoms with Crippen LogP contribution in [-0.4, -0.2) is 26.4 Å². The van der Waals surface area contributed by atoms with Crippen molar-refractivity contribution >= 4 is 5.95 Å². The van der Waals surface area contributed by atoms with Crippen LogP contribution in [0.1, 0.15) is 16.8 Å². The molecular formula is C19H17F2N5. The fourth-order valence-corrected chi connectivity index (χ4v) is 3.13. The van der Waals surface area contributed by atoms with Gasteiger partial charge in [0.25, 0.3) is 0 Å². The van der Waals surface area contributed by atoms with Crippen molar-refractivity contribution in [3.05, 3.63) is 71.2 Å². The van der Waals surface area contributed by atoms with E-state index >= 15 is 0 Å². The number of nitrogens with two attached hydrogens (primary N) is 1. The molecule has 5 nitrogen and oxygen atoms in total. The lowest BCUT2D eigenvalue weighted by Gasteiger charge is -2.27. The highest BCUT2D eigenvalue weighted by atomic mass is 19.2. The molecule has 0 radical (unpaired) electrons. The zero-order chi connectivity index (χ0) is 18.1. The number of nitrogens with zero attached hydrogens (tertiary/aromatic N) is 4. The van der Waals surface area contributed by atoms with Gasteiger partial charge in [0.05, 0.1) is 11.4 Å². The molecule has 26 heavy (non-hydrogen) atoms. The number of aromatic nitrogens is 3. The number of hydrogen-bond acceptors (Lipinski definition) is 5. The van der Waals surface area contributed by atoms with E-state index < -0.39 is 11.6 Å². The first-order valence-corrected chi connectivity index (χ1v) is 8.31. The predicted molar refractivity (Wildman–Crippen MR) is 93.9 cm³/mol. The summed E-state index contributed by atoms with van der Waals surface area (Å²) in [6, 6.07) is 7.57. The van der Waals surface area contributed by atoms with Crippen LogP contribution in [0.3, 0.4) is 0 Å². The quantitative estimate of drug-likeness (QED) is 0.784. The standard InChI is InChI=1S/C19H17F2N5/c20-15-3-2-13(7-16(15)21)17-4-1-12(8-23-17)10-26-6-5-18-14(11-26)9-24-19(22)25-18/h1-4,7-9H,5-6,10-11H2,(H2,22,24,25). The zero-order valence-corrected chi connectivity index (χ0v) is 14.0. The number of halogens is 2. The molecule has 7 heteroatoms. The van der Waals surface area contributed by atoms with Crippen molar-refractivity contribution in [3.8, 4) is 11.3 Å². The van der Waals surface area contributed by atoms with Crippen LogP contribution in [0.15, 0.2) is 42.7 Å². The van der Waals surface area contributed by atoms with Gasteiger partial charge >= 0.3 is 0 Å². The highest BCUT2D eigenvalue weighted by Crippen LogP contribution is 2.22. The van der Waals surface area contributed by atoms with Gasteiger partial charge < -0.3 is 5.73 Å². The summed E-state index contributed by atoms with van der Waals surface area (Å²) in [6.07, 6.45) is 4.39. The van der Waals surface area contributed by atoms with Crippen molar-refractivity contribution < 1.29 is 8.78 Å². The molecule has 0 saturated carbocycles. The molecule has 3 heterocycles. The van der Waals surface area contributed by atoms with E-state index in [1.165, 1.54) is 6.07 Å². The van der Waals surface area contributed by atoms with Crippen LogP contribution >= 0.6 is 0 Å². The molecule has 1 aromatic carbocycles. The number of anilines is 1. The molecular weight excluding hydrogens is 336 g/mol. The van der Waals surface area contributed by atoms with Gasteiger partial charge in [-0.1, -0.05) is 6.07 Å². The Balaban J connectivity index is 1.46. The smallest absolute Gasteiger partial charge is 0.220 e. The molecule has 0 aliphatic carbocycles. The monoisotopic (exact) mass is 353 g/mol. The number of fused-ring (bicyclic) bond motifs is 1. The highest BCUT2D eigenvalue weighted by Gasteiger charge is 2.18. The molecule has 0 spiro atoms. The Labute approximate surface area is 149 Å². The van der Waals surface area contributed by atoms with Crippen LogP contribution in [0.4, 0.5) is 14.7 Å². The second-order valence-corrected chi connectivity index (χ2v) is 6.34. The Morgan fingerprint density at radius 2 is 1.92 bits per heavy atom. The molecule has 2 aromatic heterocycles. The lowest BCUT2D eigenvalue weighted by molar-refractivity contribution is 0.243. The molecule has 0 unspecified atom stereocenters. The van der Waals surface area contributed by atoms with Gasteiger partial charge in [0.2, 0.25) is 5.95 Å². The Morgan fingerprint density at radius 3 is 2.69 bits per heavy atom. The molecule has 0 bridgehead atoms. The molecule has 0 fully saturated rings. The van der Waals surface area contributed by atoms with Gasteiger partial charge in [0.1, 0.15) is 0 Å². The number of pyridine rings is 1. The van der Waals surface area contributed by atoms with E-state index in [1.807, 2.05) is 12.1 Å². The number of benzene rings is 1. The summed E-state index contributed by atoms with van der Waals surface area (Å²) in [5.74, 6) is -1.42. The first kappa shape index (κ1) is 16.5. The van der Waals surface area contributed by atoms with Crippen molar-refractivity contribution in [2.24, 2.45) is 0 Å².